The lowest BCUT2D eigenvalue weighted by atomic mass is 10.3. The standard InChI is InChI=1S/C7H8O.C6H7N.2N3.H2O4S/c1-8-7-5-3-2-4-6-7;7-6-4-2-1-3-5-6;2*1-3-2;1-5(2,3)4/h2-6H,1H3;1-5H,7H2;;;(H2,1,2,3,4)/q;;2*-1;/p-2. The van der Waals surface area contributed by atoms with E-state index in [4.69, 9.17) is 50.1 Å². The minimum Gasteiger partial charge on any atom is -0.759 e. The lowest BCUT2D eigenvalue weighted by molar-refractivity contribution is 0.352. The van der Waals surface area contributed by atoms with Gasteiger partial charge in [-0.1, -0.05) is 36.4 Å². The van der Waals surface area contributed by atoms with Crippen LogP contribution in [0.2, 0.25) is 0 Å². The maximum absolute atomic E-state index is 8.52. The summed E-state index contributed by atoms with van der Waals surface area (Å²) in [6.45, 7) is 0. The number of hydrogen-bond acceptors (Lipinski definition) is 6. The SMILES string of the molecule is COc1ccccc1.Nc1ccccc1.O=S(=O)([O-])[O-].[N-]=[N+]=[N-].[N-]=[N+]=[N-]. The van der Waals surface area contributed by atoms with E-state index in [0.717, 1.165) is 11.4 Å². The Bertz CT molecular complexity index is 710. The van der Waals surface area contributed by atoms with Crippen LogP contribution < -0.4 is 10.5 Å². The van der Waals surface area contributed by atoms with Crippen LogP contribution in [-0.4, -0.2) is 24.6 Å². The minimum atomic E-state index is -5.17. The van der Waals surface area contributed by atoms with Crippen LogP contribution in [0, 0.1) is 0 Å². The molecule has 0 aliphatic heterocycles. The monoisotopic (exact) mass is 381 g/mol. The number of hydrogen-bond donors (Lipinski definition) is 1. The van der Waals surface area contributed by atoms with Crippen molar-refractivity contribution in [2.75, 3.05) is 12.8 Å². The van der Waals surface area contributed by atoms with Gasteiger partial charge in [0.15, 0.2) is 0 Å². The second-order valence-corrected chi connectivity index (χ2v) is 4.33. The Morgan fingerprint density at radius 3 is 1.27 bits per heavy atom. The van der Waals surface area contributed by atoms with Crippen LogP contribution in [0.1, 0.15) is 0 Å². The van der Waals surface area contributed by atoms with Crippen molar-refractivity contribution in [3.05, 3.63) is 92.6 Å². The number of nitrogens with zero attached hydrogens (tertiary/aromatic N) is 6. The Balaban J connectivity index is -0.000000271. The van der Waals surface area contributed by atoms with Crippen LogP contribution in [0.15, 0.2) is 60.7 Å². The Labute approximate surface area is 150 Å². The van der Waals surface area contributed by atoms with Gasteiger partial charge >= 0.3 is 0 Å². The Morgan fingerprint density at radius 1 is 0.846 bits per heavy atom. The van der Waals surface area contributed by atoms with Crippen LogP contribution in [0.3, 0.4) is 0 Å². The number of para-hydroxylation sites is 2. The number of anilines is 1. The molecule has 0 saturated carbocycles. The average molecular weight is 381 g/mol. The molecule has 0 amide bonds. The number of nitrogen functional groups attached to an aromatic ring is 1. The van der Waals surface area contributed by atoms with Crippen molar-refractivity contribution in [2.24, 2.45) is 0 Å². The molecule has 0 aromatic heterocycles. The second-order valence-electron chi connectivity index (χ2n) is 3.51. The summed E-state index contributed by atoms with van der Waals surface area (Å²) in [6.07, 6.45) is 0. The Hall–Kier alpha value is -3.47. The topological polar surface area (TPSA) is 233 Å². The van der Waals surface area contributed by atoms with E-state index in [1.807, 2.05) is 60.7 Å². The highest BCUT2D eigenvalue weighted by Gasteiger charge is 1.80. The number of rotatable bonds is 1. The molecule has 0 fully saturated rings. The Kier molecular flexibility index (Phi) is 20.6. The highest BCUT2D eigenvalue weighted by Crippen LogP contribution is 2.05. The summed E-state index contributed by atoms with van der Waals surface area (Å²) >= 11 is 0. The van der Waals surface area contributed by atoms with Gasteiger partial charge in [0.25, 0.3) is 0 Å². The summed E-state index contributed by atoms with van der Waals surface area (Å²) in [6, 6.07) is 19.2. The summed E-state index contributed by atoms with van der Waals surface area (Å²) in [5.41, 5.74) is 33.2. The first-order chi connectivity index (χ1) is 12.2. The van der Waals surface area contributed by atoms with Gasteiger partial charge in [0.1, 0.15) is 5.75 Å². The predicted octanol–water partition coefficient (Wildman–Crippen LogP) is 3.36. The van der Waals surface area contributed by atoms with Crippen molar-refractivity contribution in [2.45, 2.75) is 0 Å². The van der Waals surface area contributed by atoms with Gasteiger partial charge < -0.3 is 41.7 Å². The lowest BCUT2D eigenvalue weighted by Gasteiger charge is -2.06. The van der Waals surface area contributed by atoms with Gasteiger partial charge in [-0.25, -0.2) is 0 Å². The molecular weight excluding hydrogens is 366 g/mol. The average Bonchev–Trinajstić information content (AvgIpc) is 2.57. The van der Waals surface area contributed by atoms with E-state index in [-0.39, 0.29) is 0 Å². The first-order valence-corrected chi connectivity index (χ1v) is 7.52. The summed E-state index contributed by atoms with van der Waals surface area (Å²) in [4.78, 5) is 3.00. The van der Waals surface area contributed by atoms with Crippen LogP contribution >= 0.6 is 0 Å². The molecule has 0 heterocycles. The molecule has 2 aromatic carbocycles. The van der Waals surface area contributed by atoms with E-state index in [1.165, 1.54) is 9.82 Å². The van der Waals surface area contributed by atoms with Gasteiger partial charge in [-0.15, -0.1) is 0 Å². The maximum Gasteiger partial charge on any atom is 0.118 e. The molecule has 0 radical (unpaired) electrons. The molecule has 142 valence electrons. The van der Waals surface area contributed by atoms with Crippen molar-refractivity contribution in [3.8, 4) is 5.75 Å². The van der Waals surface area contributed by atoms with Crippen molar-refractivity contribution >= 4 is 16.1 Å². The van der Waals surface area contributed by atoms with Crippen molar-refractivity contribution in [1.82, 2.24) is 0 Å². The smallest absolute Gasteiger partial charge is 0.118 e. The second kappa shape index (κ2) is 19.6. The number of methoxy groups -OCH3 is 1. The number of benzene rings is 2. The minimum absolute atomic E-state index is 0.822. The summed E-state index contributed by atoms with van der Waals surface area (Å²) in [5, 5.41) is 0. The van der Waals surface area contributed by atoms with Gasteiger partial charge in [-0.2, -0.15) is 0 Å². The fourth-order valence-electron chi connectivity index (χ4n) is 1.01. The normalized spacial score (nSPS) is 7.81. The quantitative estimate of drug-likeness (QED) is 0.194. The van der Waals surface area contributed by atoms with E-state index in [2.05, 4.69) is 0 Å². The number of nitrogens with two attached hydrogens (primary N) is 1. The molecule has 0 spiro atoms. The summed E-state index contributed by atoms with van der Waals surface area (Å²) in [5.74, 6) is 0.910. The van der Waals surface area contributed by atoms with E-state index in [9.17, 15) is 0 Å². The zero-order chi connectivity index (χ0) is 20.8. The molecule has 26 heavy (non-hydrogen) atoms. The lowest BCUT2D eigenvalue weighted by Crippen LogP contribution is -1.91. The van der Waals surface area contributed by atoms with Crippen LogP contribution in [0.25, 0.3) is 31.9 Å². The first kappa shape index (κ1) is 27.4. The fraction of sp³-hybridized carbons (Fsp3) is 0.0769. The Morgan fingerprint density at radius 2 is 1.12 bits per heavy atom. The molecule has 0 aliphatic carbocycles. The molecule has 0 atom stereocenters. The fourth-order valence-corrected chi connectivity index (χ4v) is 1.01. The molecule has 0 unspecified atom stereocenters. The van der Waals surface area contributed by atoms with Crippen molar-refractivity contribution < 1.29 is 22.3 Å². The first-order valence-electron chi connectivity index (χ1n) is 6.19. The molecule has 2 aromatic rings. The van der Waals surface area contributed by atoms with E-state index < -0.39 is 10.4 Å². The molecular formula is C13H15N7O5S-4. The molecule has 0 aliphatic rings. The zero-order valence-corrected chi connectivity index (χ0v) is 14.3. The van der Waals surface area contributed by atoms with E-state index in [0.29, 0.717) is 0 Å². The highest BCUT2D eigenvalue weighted by molar-refractivity contribution is 7.79. The molecule has 12 nitrogen and oxygen atoms in total. The summed E-state index contributed by atoms with van der Waals surface area (Å²) in [7, 11) is -3.50. The molecule has 13 heteroatoms. The molecule has 0 saturated heterocycles. The van der Waals surface area contributed by atoms with Crippen LogP contribution in [0.5, 0.6) is 5.75 Å². The molecule has 2 N–H and O–H groups in total. The largest absolute Gasteiger partial charge is 0.759 e. The zero-order valence-electron chi connectivity index (χ0n) is 13.5. The molecule has 2 rings (SSSR count). The maximum atomic E-state index is 8.52. The van der Waals surface area contributed by atoms with Gasteiger partial charge in [0.2, 0.25) is 0 Å². The predicted molar refractivity (Wildman–Crippen MR) is 94.5 cm³/mol. The van der Waals surface area contributed by atoms with Crippen molar-refractivity contribution in [3.63, 3.8) is 0 Å². The summed E-state index contributed by atoms with van der Waals surface area (Å²) < 4.78 is 39.0. The van der Waals surface area contributed by atoms with Gasteiger partial charge in [-0.3, -0.25) is 18.2 Å². The molecule has 0 bridgehead atoms. The third-order valence-corrected chi connectivity index (χ3v) is 1.78. The van der Waals surface area contributed by atoms with Gasteiger partial charge in [-0.05, 0) is 24.3 Å². The third kappa shape index (κ3) is 37.1. The van der Waals surface area contributed by atoms with Crippen LogP contribution in [0.4, 0.5) is 5.69 Å². The van der Waals surface area contributed by atoms with Gasteiger partial charge in [0.05, 0.1) is 7.11 Å². The highest BCUT2D eigenvalue weighted by atomic mass is 32.3. The van der Waals surface area contributed by atoms with E-state index >= 15 is 0 Å². The van der Waals surface area contributed by atoms with Gasteiger partial charge in [0, 0.05) is 16.1 Å². The van der Waals surface area contributed by atoms with Crippen molar-refractivity contribution in [1.29, 1.82) is 0 Å². The van der Waals surface area contributed by atoms with Crippen LogP contribution in [-0.2, 0) is 10.4 Å². The van der Waals surface area contributed by atoms with E-state index in [1.54, 1.807) is 7.11 Å². The number of ether oxygens (including phenoxy) is 1. The third-order valence-electron chi connectivity index (χ3n) is 1.78.